The van der Waals surface area contributed by atoms with Crippen LogP contribution >= 0.6 is 11.3 Å². The van der Waals surface area contributed by atoms with E-state index in [1.807, 2.05) is 0 Å². The lowest BCUT2D eigenvalue weighted by atomic mass is 10.1. The van der Waals surface area contributed by atoms with Crippen LogP contribution in [0.2, 0.25) is 0 Å². The second kappa shape index (κ2) is 5.03. The minimum atomic E-state index is 0.676. The average molecular weight is 225 g/mol. The summed E-state index contributed by atoms with van der Waals surface area (Å²) in [5, 5.41) is 14.3. The van der Waals surface area contributed by atoms with E-state index in [0.29, 0.717) is 5.92 Å². The van der Waals surface area contributed by atoms with Gasteiger partial charge in [-0.15, -0.1) is 21.5 Å². The van der Waals surface area contributed by atoms with Crippen LogP contribution in [0.1, 0.15) is 36.7 Å². The van der Waals surface area contributed by atoms with Crippen molar-refractivity contribution in [1.29, 1.82) is 0 Å². The van der Waals surface area contributed by atoms with E-state index < -0.39 is 0 Å². The Labute approximate surface area is 95.3 Å². The van der Waals surface area contributed by atoms with E-state index in [-0.39, 0.29) is 0 Å². The highest BCUT2D eigenvalue weighted by molar-refractivity contribution is 7.11. The van der Waals surface area contributed by atoms with Crippen LogP contribution in [0.5, 0.6) is 0 Å². The second-order valence-electron chi connectivity index (χ2n) is 4.67. The normalized spacial score (nSPS) is 16.2. The first-order chi connectivity index (χ1) is 7.24. The molecule has 1 saturated carbocycles. The fourth-order valence-electron chi connectivity index (χ4n) is 1.49. The monoisotopic (exact) mass is 225 g/mol. The summed E-state index contributed by atoms with van der Waals surface area (Å²) in [5.41, 5.74) is 0. The van der Waals surface area contributed by atoms with Gasteiger partial charge >= 0.3 is 0 Å². The van der Waals surface area contributed by atoms with E-state index in [2.05, 4.69) is 29.4 Å². The van der Waals surface area contributed by atoms with Gasteiger partial charge in [0.15, 0.2) is 0 Å². The fraction of sp³-hybridized carbons (Fsp3) is 0.818. The molecule has 84 valence electrons. The molecule has 0 bridgehead atoms. The maximum Gasteiger partial charge on any atom is 0.118 e. The number of aromatic nitrogens is 2. The van der Waals surface area contributed by atoms with Crippen molar-refractivity contribution in [1.82, 2.24) is 15.5 Å². The molecule has 1 aliphatic carbocycles. The predicted octanol–water partition coefficient (Wildman–Crippen LogP) is 2.03. The SMILES string of the molecule is CC(C)Cc1nnc(CCNC2CC2)s1. The molecule has 4 heteroatoms. The van der Waals surface area contributed by atoms with Crippen LogP contribution in [0.25, 0.3) is 0 Å². The summed E-state index contributed by atoms with van der Waals surface area (Å²) in [6, 6.07) is 0.799. The Kier molecular flexibility index (Phi) is 3.70. The number of rotatable bonds is 6. The molecule has 0 amide bonds. The molecule has 0 spiro atoms. The molecule has 0 unspecified atom stereocenters. The van der Waals surface area contributed by atoms with E-state index in [4.69, 9.17) is 0 Å². The summed E-state index contributed by atoms with van der Waals surface area (Å²) < 4.78 is 0. The van der Waals surface area contributed by atoms with Gasteiger partial charge in [0, 0.05) is 25.4 Å². The molecule has 1 N–H and O–H groups in total. The molecular weight excluding hydrogens is 206 g/mol. The molecule has 0 aliphatic heterocycles. The van der Waals surface area contributed by atoms with Crippen LogP contribution in [-0.4, -0.2) is 22.8 Å². The van der Waals surface area contributed by atoms with E-state index >= 15 is 0 Å². The molecule has 1 heterocycles. The highest BCUT2D eigenvalue weighted by Crippen LogP contribution is 2.19. The Bertz CT molecular complexity index is 305. The van der Waals surface area contributed by atoms with Crippen molar-refractivity contribution in [3.05, 3.63) is 10.0 Å². The zero-order chi connectivity index (χ0) is 10.7. The molecule has 0 radical (unpaired) electrons. The van der Waals surface area contributed by atoms with Gasteiger partial charge in [0.25, 0.3) is 0 Å². The van der Waals surface area contributed by atoms with Crippen LogP contribution in [0.15, 0.2) is 0 Å². The van der Waals surface area contributed by atoms with E-state index in [1.54, 1.807) is 11.3 Å². The Morgan fingerprint density at radius 3 is 2.73 bits per heavy atom. The van der Waals surface area contributed by atoms with Gasteiger partial charge in [0.05, 0.1) is 0 Å². The number of nitrogens with one attached hydrogen (secondary N) is 1. The molecule has 0 saturated heterocycles. The first-order valence-corrected chi connectivity index (χ1v) is 6.60. The minimum Gasteiger partial charge on any atom is -0.314 e. The van der Waals surface area contributed by atoms with Gasteiger partial charge in [-0.25, -0.2) is 0 Å². The van der Waals surface area contributed by atoms with Crippen molar-refractivity contribution in [2.24, 2.45) is 5.92 Å². The fourth-order valence-corrected chi connectivity index (χ4v) is 2.55. The molecule has 0 atom stereocenters. The molecule has 1 aromatic rings. The summed E-state index contributed by atoms with van der Waals surface area (Å²) in [6.45, 7) is 5.49. The lowest BCUT2D eigenvalue weighted by molar-refractivity contribution is 0.638. The number of hydrogen-bond donors (Lipinski definition) is 1. The van der Waals surface area contributed by atoms with Crippen molar-refractivity contribution >= 4 is 11.3 Å². The molecule has 1 aliphatic rings. The zero-order valence-electron chi connectivity index (χ0n) is 9.49. The summed E-state index contributed by atoms with van der Waals surface area (Å²) in [7, 11) is 0. The largest absolute Gasteiger partial charge is 0.314 e. The summed E-state index contributed by atoms with van der Waals surface area (Å²) in [4.78, 5) is 0. The molecule has 2 rings (SSSR count). The molecular formula is C11H19N3S. The van der Waals surface area contributed by atoms with Gasteiger partial charge in [0.1, 0.15) is 10.0 Å². The van der Waals surface area contributed by atoms with Crippen LogP contribution in [0.3, 0.4) is 0 Å². The third kappa shape index (κ3) is 3.87. The van der Waals surface area contributed by atoms with Gasteiger partial charge < -0.3 is 5.32 Å². The van der Waals surface area contributed by atoms with Crippen LogP contribution in [-0.2, 0) is 12.8 Å². The van der Waals surface area contributed by atoms with E-state index in [9.17, 15) is 0 Å². The summed E-state index contributed by atoms with van der Waals surface area (Å²) >= 11 is 1.77. The first-order valence-electron chi connectivity index (χ1n) is 5.78. The lowest BCUT2D eigenvalue weighted by Gasteiger charge is -1.98. The van der Waals surface area contributed by atoms with E-state index in [0.717, 1.165) is 25.4 Å². The van der Waals surface area contributed by atoms with Crippen molar-refractivity contribution in [2.75, 3.05) is 6.54 Å². The summed E-state index contributed by atoms with van der Waals surface area (Å²) in [5.74, 6) is 0.676. The van der Waals surface area contributed by atoms with Gasteiger partial charge in [-0.05, 0) is 18.8 Å². The van der Waals surface area contributed by atoms with Gasteiger partial charge in [-0.3, -0.25) is 0 Å². The van der Waals surface area contributed by atoms with E-state index in [1.165, 1.54) is 22.9 Å². The maximum atomic E-state index is 4.22. The Morgan fingerprint density at radius 2 is 2.07 bits per heavy atom. The quantitative estimate of drug-likeness (QED) is 0.805. The number of hydrogen-bond acceptors (Lipinski definition) is 4. The predicted molar refractivity (Wildman–Crippen MR) is 63.2 cm³/mol. The van der Waals surface area contributed by atoms with Crippen molar-refractivity contribution in [3.8, 4) is 0 Å². The number of nitrogens with zero attached hydrogens (tertiary/aromatic N) is 2. The van der Waals surface area contributed by atoms with Crippen molar-refractivity contribution in [2.45, 2.75) is 45.6 Å². The lowest BCUT2D eigenvalue weighted by Crippen LogP contribution is -2.19. The topological polar surface area (TPSA) is 37.8 Å². The molecule has 3 nitrogen and oxygen atoms in total. The highest BCUT2D eigenvalue weighted by Gasteiger charge is 2.19. The van der Waals surface area contributed by atoms with Crippen LogP contribution in [0.4, 0.5) is 0 Å². The molecule has 0 aromatic carbocycles. The molecule has 15 heavy (non-hydrogen) atoms. The Balaban J connectivity index is 1.73. The van der Waals surface area contributed by atoms with Gasteiger partial charge in [-0.1, -0.05) is 13.8 Å². The van der Waals surface area contributed by atoms with Crippen LogP contribution in [0, 0.1) is 5.92 Å². The maximum absolute atomic E-state index is 4.22. The smallest absolute Gasteiger partial charge is 0.118 e. The highest BCUT2D eigenvalue weighted by atomic mass is 32.1. The minimum absolute atomic E-state index is 0.676. The Morgan fingerprint density at radius 1 is 1.33 bits per heavy atom. The molecule has 1 fully saturated rings. The first kappa shape index (κ1) is 11.0. The average Bonchev–Trinajstić information content (AvgIpc) is 2.88. The van der Waals surface area contributed by atoms with Gasteiger partial charge in [0.2, 0.25) is 0 Å². The zero-order valence-corrected chi connectivity index (χ0v) is 10.3. The third-order valence-electron chi connectivity index (χ3n) is 2.44. The van der Waals surface area contributed by atoms with Crippen molar-refractivity contribution in [3.63, 3.8) is 0 Å². The summed E-state index contributed by atoms with van der Waals surface area (Å²) in [6.07, 6.45) is 4.81. The Hall–Kier alpha value is -0.480. The van der Waals surface area contributed by atoms with Crippen LogP contribution < -0.4 is 5.32 Å². The second-order valence-corrected chi connectivity index (χ2v) is 5.81. The third-order valence-corrected chi connectivity index (χ3v) is 3.45. The van der Waals surface area contributed by atoms with Crippen molar-refractivity contribution < 1.29 is 0 Å². The van der Waals surface area contributed by atoms with Gasteiger partial charge in [-0.2, -0.15) is 0 Å². The standard InChI is InChI=1S/C11H19N3S/c1-8(2)7-11-14-13-10(15-11)5-6-12-9-3-4-9/h8-9,12H,3-7H2,1-2H3. The molecule has 1 aromatic heterocycles.